The molecular weight excluding hydrogens is 246 g/mol. The van der Waals surface area contributed by atoms with Gasteiger partial charge in [-0.25, -0.2) is 0 Å². The molecule has 20 heavy (non-hydrogen) atoms. The third-order valence-corrected chi connectivity index (χ3v) is 4.25. The molecule has 1 fully saturated rings. The van der Waals surface area contributed by atoms with Crippen molar-refractivity contribution in [1.82, 2.24) is 4.90 Å². The maximum absolute atomic E-state index is 12.4. The number of rotatable bonds is 8. The van der Waals surface area contributed by atoms with Gasteiger partial charge in [-0.2, -0.15) is 0 Å². The largest absolute Gasteiger partial charge is 0.342 e. The minimum absolute atomic E-state index is 0.378. The lowest BCUT2D eigenvalue weighted by Crippen LogP contribution is -2.36. The number of carbonyl (C=O) groups is 1. The van der Waals surface area contributed by atoms with Crippen molar-refractivity contribution in [2.24, 2.45) is 17.8 Å². The van der Waals surface area contributed by atoms with E-state index in [0.29, 0.717) is 17.7 Å². The van der Waals surface area contributed by atoms with Gasteiger partial charge in [-0.3, -0.25) is 4.79 Å². The Morgan fingerprint density at radius 3 is 2.05 bits per heavy atom. The maximum Gasteiger partial charge on any atom is 0.222 e. The molecule has 0 bridgehead atoms. The molecule has 0 spiro atoms. The van der Waals surface area contributed by atoms with Crippen LogP contribution in [0.25, 0.3) is 0 Å². The first kappa shape index (κ1) is 17.5. The molecule has 1 saturated carbocycles. The average Bonchev–Trinajstić information content (AvgIpc) is 2.38. The zero-order chi connectivity index (χ0) is 15.0. The van der Waals surface area contributed by atoms with Crippen LogP contribution in [0.3, 0.4) is 0 Å². The molecule has 2 heteroatoms. The Bertz CT molecular complexity index is 257. The van der Waals surface area contributed by atoms with Gasteiger partial charge in [0.2, 0.25) is 5.91 Å². The molecular formula is C18H35NO. The summed E-state index contributed by atoms with van der Waals surface area (Å²) in [7, 11) is 0. The van der Waals surface area contributed by atoms with Crippen molar-refractivity contribution in [1.29, 1.82) is 0 Å². The van der Waals surface area contributed by atoms with E-state index in [0.717, 1.165) is 31.8 Å². The monoisotopic (exact) mass is 281 g/mol. The van der Waals surface area contributed by atoms with Gasteiger partial charge >= 0.3 is 0 Å². The first-order chi connectivity index (χ1) is 9.49. The molecule has 1 aliphatic rings. The van der Waals surface area contributed by atoms with E-state index < -0.39 is 0 Å². The van der Waals surface area contributed by atoms with Gasteiger partial charge < -0.3 is 4.90 Å². The van der Waals surface area contributed by atoms with Crippen molar-refractivity contribution in [3.05, 3.63) is 0 Å². The van der Waals surface area contributed by atoms with Crippen LogP contribution in [0.4, 0.5) is 0 Å². The number of amides is 1. The highest BCUT2D eigenvalue weighted by molar-refractivity contribution is 5.76. The molecule has 0 aromatic rings. The Balaban J connectivity index is 2.29. The zero-order valence-corrected chi connectivity index (χ0v) is 14.2. The Labute approximate surface area is 126 Å². The standard InChI is InChI=1S/C18H35NO/c1-15(2)13-19(14-16(3)4)18(20)12-8-11-17-9-6-5-7-10-17/h15-17H,5-14H2,1-4H3. The quantitative estimate of drug-likeness (QED) is 0.621. The van der Waals surface area contributed by atoms with Crippen LogP contribution in [-0.2, 0) is 4.79 Å². The fraction of sp³-hybridized carbons (Fsp3) is 0.944. The molecule has 0 unspecified atom stereocenters. The SMILES string of the molecule is CC(C)CN(CC(C)C)C(=O)CCCC1CCCCC1. The minimum atomic E-state index is 0.378. The normalized spacial score (nSPS) is 16.9. The topological polar surface area (TPSA) is 20.3 Å². The van der Waals surface area contributed by atoms with Crippen LogP contribution in [0.2, 0.25) is 0 Å². The van der Waals surface area contributed by atoms with E-state index in [1.54, 1.807) is 0 Å². The maximum atomic E-state index is 12.4. The van der Waals surface area contributed by atoms with Crippen molar-refractivity contribution in [3.63, 3.8) is 0 Å². The molecule has 0 aliphatic heterocycles. The van der Waals surface area contributed by atoms with Crippen molar-refractivity contribution in [3.8, 4) is 0 Å². The summed E-state index contributed by atoms with van der Waals surface area (Å²) < 4.78 is 0. The molecule has 0 aromatic carbocycles. The summed E-state index contributed by atoms with van der Waals surface area (Å²) in [5.74, 6) is 2.41. The highest BCUT2D eigenvalue weighted by atomic mass is 16.2. The van der Waals surface area contributed by atoms with Gasteiger partial charge in [0, 0.05) is 19.5 Å². The van der Waals surface area contributed by atoms with E-state index in [9.17, 15) is 4.79 Å². The highest BCUT2D eigenvalue weighted by Gasteiger charge is 2.17. The van der Waals surface area contributed by atoms with Gasteiger partial charge in [-0.1, -0.05) is 59.8 Å². The third-order valence-electron chi connectivity index (χ3n) is 4.25. The summed E-state index contributed by atoms with van der Waals surface area (Å²) >= 11 is 0. The molecule has 0 N–H and O–H groups in total. The van der Waals surface area contributed by atoms with Crippen molar-refractivity contribution >= 4 is 5.91 Å². The highest BCUT2D eigenvalue weighted by Crippen LogP contribution is 2.27. The number of carbonyl (C=O) groups excluding carboxylic acids is 1. The van der Waals surface area contributed by atoms with E-state index in [2.05, 4.69) is 32.6 Å². The molecule has 0 atom stereocenters. The van der Waals surface area contributed by atoms with Crippen LogP contribution in [0, 0.1) is 17.8 Å². The van der Waals surface area contributed by atoms with Gasteiger partial charge in [0.1, 0.15) is 0 Å². The van der Waals surface area contributed by atoms with E-state index in [-0.39, 0.29) is 0 Å². The second kappa shape index (κ2) is 9.41. The lowest BCUT2D eigenvalue weighted by molar-refractivity contribution is -0.132. The first-order valence-electron chi connectivity index (χ1n) is 8.76. The molecule has 0 radical (unpaired) electrons. The average molecular weight is 281 g/mol. The number of hydrogen-bond donors (Lipinski definition) is 0. The molecule has 0 aromatic heterocycles. The fourth-order valence-corrected chi connectivity index (χ4v) is 3.34. The zero-order valence-electron chi connectivity index (χ0n) is 14.2. The lowest BCUT2D eigenvalue weighted by atomic mass is 9.86. The number of hydrogen-bond acceptors (Lipinski definition) is 1. The molecule has 1 aliphatic carbocycles. The summed E-state index contributed by atoms with van der Waals surface area (Å²) in [5, 5.41) is 0. The van der Waals surface area contributed by atoms with E-state index >= 15 is 0 Å². The first-order valence-corrected chi connectivity index (χ1v) is 8.76. The Morgan fingerprint density at radius 1 is 1.00 bits per heavy atom. The third kappa shape index (κ3) is 7.31. The second-order valence-corrected chi connectivity index (χ2v) is 7.48. The fourth-order valence-electron chi connectivity index (χ4n) is 3.34. The van der Waals surface area contributed by atoms with Gasteiger partial charge in [0.15, 0.2) is 0 Å². The molecule has 1 rings (SSSR count). The molecule has 0 heterocycles. The van der Waals surface area contributed by atoms with Crippen LogP contribution in [0.1, 0.15) is 79.1 Å². The summed E-state index contributed by atoms with van der Waals surface area (Å²) in [6, 6.07) is 0. The predicted octanol–water partition coefficient (Wildman–Crippen LogP) is 4.88. The smallest absolute Gasteiger partial charge is 0.222 e. The molecule has 0 saturated heterocycles. The van der Waals surface area contributed by atoms with Crippen LogP contribution in [0.15, 0.2) is 0 Å². The van der Waals surface area contributed by atoms with Crippen LogP contribution in [0.5, 0.6) is 0 Å². The summed E-state index contributed by atoms with van der Waals surface area (Å²) in [4.78, 5) is 14.5. The van der Waals surface area contributed by atoms with Crippen LogP contribution < -0.4 is 0 Å². The van der Waals surface area contributed by atoms with Gasteiger partial charge in [-0.15, -0.1) is 0 Å². The molecule has 118 valence electrons. The van der Waals surface area contributed by atoms with E-state index in [1.807, 2.05) is 0 Å². The predicted molar refractivity (Wildman–Crippen MR) is 86.7 cm³/mol. The lowest BCUT2D eigenvalue weighted by Gasteiger charge is -2.27. The minimum Gasteiger partial charge on any atom is -0.342 e. The van der Waals surface area contributed by atoms with Gasteiger partial charge in [0.25, 0.3) is 0 Å². The molecule has 1 amide bonds. The summed E-state index contributed by atoms with van der Waals surface area (Å²) in [5.41, 5.74) is 0. The van der Waals surface area contributed by atoms with Crippen molar-refractivity contribution < 1.29 is 4.79 Å². The Morgan fingerprint density at radius 2 is 1.55 bits per heavy atom. The Hall–Kier alpha value is -0.530. The van der Waals surface area contributed by atoms with Crippen molar-refractivity contribution in [2.45, 2.75) is 79.1 Å². The number of nitrogens with zero attached hydrogens (tertiary/aromatic N) is 1. The van der Waals surface area contributed by atoms with Crippen LogP contribution in [-0.4, -0.2) is 23.9 Å². The van der Waals surface area contributed by atoms with E-state index in [1.165, 1.54) is 38.5 Å². The van der Waals surface area contributed by atoms with Gasteiger partial charge in [-0.05, 0) is 30.6 Å². The summed E-state index contributed by atoms with van der Waals surface area (Å²) in [6.45, 7) is 10.6. The van der Waals surface area contributed by atoms with E-state index in [4.69, 9.17) is 0 Å². The van der Waals surface area contributed by atoms with Crippen molar-refractivity contribution in [2.75, 3.05) is 13.1 Å². The van der Waals surface area contributed by atoms with Gasteiger partial charge in [0.05, 0.1) is 0 Å². The summed E-state index contributed by atoms with van der Waals surface area (Å²) in [6.07, 6.45) is 10.2. The van der Waals surface area contributed by atoms with Crippen LogP contribution >= 0.6 is 0 Å². The Kier molecular flexibility index (Phi) is 8.25. The second-order valence-electron chi connectivity index (χ2n) is 7.48. The molecule has 2 nitrogen and oxygen atoms in total.